The normalized spacial score (nSPS) is 10.5. The van der Waals surface area contributed by atoms with Crippen LogP contribution in [0.4, 0.5) is 0 Å². The quantitative estimate of drug-likeness (QED) is 0.881. The number of nitrogens with zero attached hydrogens (tertiary/aromatic N) is 3. The number of hydrogen-bond acceptors (Lipinski definition) is 4. The number of nitrogens with one attached hydrogen (secondary N) is 1. The van der Waals surface area contributed by atoms with Crippen molar-refractivity contribution < 1.29 is 9.53 Å². The van der Waals surface area contributed by atoms with Gasteiger partial charge in [0.15, 0.2) is 0 Å². The highest BCUT2D eigenvalue weighted by molar-refractivity contribution is 5.76. The van der Waals surface area contributed by atoms with E-state index in [0.717, 1.165) is 22.5 Å². The van der Waals surface area contributed by atoms with E-state index in [1.165, 1.54) is 0 Å². The molecular formula is C16H22N4O2. The van der Waals surface area contributed by atoms with Crippen molar-refractivity contribution in [2.45, 2.75) is 33.2 Å². The maximum absolute atomic E-state index is 12.0. The van der Waals surface area contributed by atoms with E-state index in [1.54, 1.807) is 13.3 Å². The molecule has 0 bridgehead atoms. The fourth-order valence-corrected chi connectivity index (χ4v) is 2.38. The predicted molar refractivity (Wildman–Crippen MR) is 83.6 cm³/mol. The molecule has 0 radical (unpaired) electrons. The van der Waals surface area contributed by atoms with Crippen molar-refractivity contribution in [3.63, 3.8) is 0 Å². The summed E-state index contributed by atoms with van der Waals surface area (Å²) in [6.07, 6.45) is 2.83. The minimum absolute atomic E-state index is 0.0263. The molecule has 0 fully saturated rings. The van der Waals surface area contributed by atoms with E-state index < -0.39 is 0 Å². The summed E-state index contributed by atoms with van der Waals surface area (Å²) in [5.74, 6) is 0.576. The SMILES string of the molecule is COc1cc(CNC(=O)CCc2c(C)nn(C)c2C)ccn1. The molecule has 0 unspecified atom stereocenters. The van der Waals surface area contributed by atoms with Crippen LogP contribution in [-0.4, -0.2) is 27.8 Å². The van der Waals surface area contributed by atoms with Crippen LogP contribution in [0, 0.1) is 13.8 Å². The Bertz CT molecular complexity index is 664. The summed E-state index contributed by atoms with van der Waals surface area (Å²) < 4.78 is 6.92. The molecule has 0 aromatic carbocycles. The summed E-state index contributed by atoms with van der Waals surface area (Å²) in [6, 6.07) is 3.67. The van der Waals surface area contributed by atoms with Crippen LogP contribution in [0.3, 0.4) is 0 Å². The maximum atomic E-state index is 12.0. The summed E-state index contributed by atoms with van der Waals surface area (Å²) in [4.78, 5) is 16.0. The lowest BCUT2D eigenvalue weighted by molar-refractivity contribution is -0.121. The Morgan fingerprint density at radius 3 is 2.82 bits per heavy atom. The van der Waals surface area contributed by atoms with Gasteiger partial charge in [-0.05, 0) is 37.5 Å². The van der Waals surface area contributed by atoms with Crippen LogP contribution in [0.15, 0.2) is 18.3 Å². The maximum Gasteiger partial charge on any atom is 0.220 e. The zero-order chi connectivity index (χ0) is 16.1. The fraction of sp³-hybridized carbons (Fsp3) is 0.438. The third-order valence-electron chi connectivity index (χ3n) is 3.76. The Balaban J connectivity index is 1.85. The van der Waals surface area contributed by atoms with Gasteiger partial charge in [0, 0.05) is 38.0 Å². The first-order valence-corrected chi connectivity index (χ1v) is 7.26. The van der Waals surface area contributed by atoms with E-state index in [9.17, 15) is 4.79 Å². The van der Waals surface area contributed by atoms with Gasteiger partial charge in [-0.1, -0.05) is 0 Å². The number of carbonyl (C=O) groups is 1. The molecule has 0 saturated heterocycles. The first kappa shape index (κ1) is 16.0. The Hall–Kier alpha value is -2.37. The van der Waals surface area contributed by atoms with Crippen molar-refractivity contribution in [1.82, 2.24) is 20.1 Å². The van der Waals surface area contributed by atoms with Gasteiger partial charge in [0.1, 0.15) is 0 Å². The van der Waals surface area contributed by atoms with Crippen molar-refractivity contribution in [3.05, 3.63) is 40.8 Å². The van der Waals surface area contributed by atoms with Gasteiger partial charge in [0.25, 0.3) is 0 Å². The standard InChI is InChI=1S/C16H22N4O2/c1-11-14(12(2)20(3)19-11)5-6-15(21)18-10-13-7-8-17-16(9-13)22-4/h7-9H,5-6,10H2,1-4H3,(H,18,21). The Kier molecular flexibility index (Phi) is 5.14. The number of carbonyl (C=O) groups excluding carboxylic acids is 1. The number of aromatic nitrogens is 3. The molecule has 0 spiro atoms. The largest absolute Gasteiger partial charge is 0.481 e. The highest BCUT2D eigenvalue weighted by Gasteiger charge is 2.11. The van der Waals surface area contributed by atoms with E-state index in [0.29, 0.717) is 25.3 Å². The molecule has 118 valence electrons. The number of methoxy groups -OCH3 is 1. The summed E-state index contributed by atoms with van der Waals surface area (Å²) in [7, 11) is 3.49. The molecule has 2 rings (SSSR count). The number of pyridine rings is 1. The lowest BCUT2D eigenvalue weighted by Crippen LogP contribution is -2.23. The molecule has 2 aromatic rings. The van der Waals surface area contributed by atoms with E-state index in [1.807, 2.05) is 37.7 Å². The number of ether oxygens (including phenoxy) is 1. The molecular weight excluding hydrogens is 280 g/mol. The van der Waals surface area contributed by atoms with Crippen LogP contribution < -0.4 is 10.1 Å². The molecule has 1 amide bonds. The highest BCUT2D eigenvalue weighted by atomic mass is 16.5. The van der Waals surface area contributed by atoms with Crippen molar-refractivity contribution in [2.24, 2.45) is 7.05 Å². The second-order valence-electron chi connectivity index (χ2n) is 5.26. The van der Waals surface area contributed by atoms with Gasteiger partial charge < -0.3 is 10.1 Å². The summed E-state index contributed by atoms with van der Waals surface area (Å²) in [6.45, 7) is 4.47. The molecule has 2 aromatic heterocycles. The van der Waals surface area contributed by atoms with Crippen LogP contribution in [0.25, 0.3) is 0 Å². The molecule has 0 aliphatic heterocycles. The summed E-state index contributed by atoms with van der Waals surface area (Å²) >= 11 is 0. The van der Waals surface area contributed by atoms with Gasteiger partial charge in [-0.3, -0.25) is 9.48 Å². The second-order valence-corrected chi connectivity index (χ2v) is 5.26. The van der Waals surface area contributed by atoms with E-state index >= 15 is 0 Å². The number of amides is 1. The predicted octanol–water partition coefficient (Wildman–Crippen LogP) is 1.69. The van der Waals surface area contributed by atoms with Crippen LogP contribution in [0.5, 0.6) is 5.88 Å². The Morgan fingerprint density at radius 1 is 1.41 bits per heavy atom. The lowest BCUT2D eigenvalue weighted by atomic mass is 10.1. The molecule has 2 heterocycles. The Morgan fingerprint density at radius 2 is 2.18 bits per heavy atom. The molecule has 6 heteroatoms. The minimum Gasteiger partial charge on any atom is -0.481 e. The summed E-state index contributed by atoms with van der Waals surface area (Å²) in [5.41, 5.74) is 4.23. The monoisotopic (exact) mass is 302 g/mol. The molecule has 0 aliphatic carbocycles. The molecule has 0 atom stereocenters. The van der Waals surface area contributed by atoms with Gasteiger partial charge >= 0.3 is 0 Å². The zero-order valence-corrected chi connectivity index (χ0v) is 13.5. The fourth-order valence-electron chi connectivity index (χ4n) is 2.38. The Labute approximate surface area is 130 Å². The lowest BCUT2D eigenvalue weighted by Gasteiger charge is -2.07. The zero-order valence-electron chi connectivity index (χ0n) is 13.5. The van der Waals surface area contributed by atoms with Gasteiger partial charge in [-0.25, -0.2) is 4.98 Å². The van der Waals surface area contributed by atoms with Gasteiger partial charge in [0.05, 0.1) is 12.8 Å². The van der Waals surface area contributed by atoms with Crippen LogP contribution in [0.1, 0.15) is 28.9 Å². The molecule has 0 aliphatic rings. The second kappa shape index (κ2) is 7.06. The number of aryl methyl sites for hydroxylation is 2. The van der Waals surface area contributed by atoms with Crippen molar-refractivity contribution in [3.8, 4) is 5.88 Å². The third kappa shape index (κ3) is 3.84. The van der Waals surface area contributed by atoms with Crippen LogP contribution in [-0.2, 0) is 24.8 Å². The van der Waals surface area contributed by atoms with Crippen molar-refractivity contribution in [2.75, 3.05) is 7.11 Å². The van der Waals surface area contributed by atoms with Crippen molar-refractivity contribution >= 4 is 5.91 Å². The smallest absolute Gasteiger partial charge is 0.220 e. The average molecular weight is 302 g/mol. The van der Waals surface area contributed by atoms with Crippen molar-refractivity contribution in [1.29, 1.82) is 0 Å². The minimum atomic E-state index is 0.0263. The van der Waals surface area contributed by atoms with Gasteiger partial charge in [-0.15, -0.1) is 0 Å². The highest BCUT2D eigenvalue weighted by Crippen LogP contribution is 2.14. The molecule has 1 N–H and O–H groups in total. The summed E-state index contributed by atoms with van der Waals surface area (Å²) in [5, 5.41) is 7.28. The number of hydrogen-bond donors (Lipinski definition) is 1. The van der Waals surface area contributed by atoms with Crippen LogP contribution in [0.2, 0.25) is 0 Å². The number of rotatable bonds is 6. The van der Waals surface area contributed by atoms with Crippen LogP contribution >= 0.6 is 0 Å². The first-order valence-electron chi connectivity index (χ1n) is 7.26. The van der Waals surface area contributed by atoms with E-state index in [-0.39, 0.29) is 5.91 Å². The topological polar surface area (TPSA) is 69.0 Å². The first-order chi connectivity index (χ1) is 10.5. The third-order valence-corrected chi connectivity index (χ3v) is 3.76. The molecule has 6 nitrogen and oxygen atoms in total. The van der Waals surface area contributed by atoms with Gasteiger partial charge in [0.2, 0.25) is 11.8 Å². The van der Waals surface area contributed by atoms with Gasteiger partial charge in [-0.2, -0.15) is 5.10 Å². The van der Waals surface area contributed by atoms with E-state index in [4.69, 9.17) is 4.74 Å². The van der Waals surface area contributed by atoms with E-state index in [2.05, 4.69) is 15.4 Å². The molecule has 22 heavy (non-hydrogen) atoms. The molecule has 0 saturated carbocycles. The average Bonchev–Trinajstić information content (AvgIpc) is 2.76.